The SMILES string of the molecule is CNCC(C)C(=O)NCc1ccc(C)cc1OCC1CC1. The largest absolute Gasteiger partial charge is 0.493 e. The van der Waals surface area contributed by atoms with Crippen molar-refractivity contribution < 1.29 is 9.53 Å². The monoisotopic (exact) mass is 290 g/mol. The third-order valence-corrected chi connectivity index (χ3v) is 3.81. The van der Waals surface area contributed by atoms with Crippen molar-refractivity contribution >= 4 is 5.91 Å². The lowest BCUT2D eigenvalue weighted by Crippen LogP contribution is -2.34. The van der Waals surface area contributed by atoms with Crippen LogP contribution in [-0.4, -0.2) is 26.1 Å². The number of aryl methyl sites for hydroxylation is 1. The van der Waals surface area contributed by atoms with Gasteiger partial charge in [0.25, 0.3) is 0 Å². The van der Waals surface area contributed by atoms with E-state index in [1.165, 1.54) is 18.4 Å². The zero-order valence-corrected chi connectivity index (χ0v) is 13.2. The van der Waals surface area contributed by atoms with Gasteiger partial charge in [0.05, 0.1) is 6.61 Å². The van der Waals surface area contributed by atoms with E-state index < -0.39 is 0 Å². The average Bonchev–Trinajstić information content (AvgIpc) is 3.28. The first-order valence-electron chi connectivity index (χ1n) is 7.74. The normalized spacial score (nSPS) is 15.6. The van der Waals surface area contributed by atoms with E-state index >= 15 is 0 Å². The number of hydrogen-bond donors (Lipinski definition) is 2. The number of ether oxygens (including phenoxy) is 1. The predicted molar refractivity (Wildman–Crippen MR) is 84.3 cm³/mol. The van der Waals surface area contributed by atoms with E-state index in [1.54, 1.807) is 0 Å². The summed E-state index contributed by atoms with van der Waals surface area (Å²) in [5, 5.41) is 6.01. The lowest BCUT2D eigenvalue weighted by Gasteiger charge is -2.15. The molecule has 1 aliphatic rings. The Hall–Kier alpha value is -1.55. The van der Waals surface area contributed by atoms with Gasteiger partial charge in [-0.25, -0.2) is 0 Å². The zero-order chi connectivity index (χ0) is 15.2. The lowest BCUT2D eigenvalue weighted by atomic mass is 10.1. The molecule has 1 unspecified atom stereocenters. The highest BCUT2D eigenvalue weighted by atomic mass is 16.5. The number of hydrogen-bond acceptors (Lipinski definition) is 3. The van der Waals surface area contributed by atoms with E-state index in [0.29, 0.717) is 13.1 Å². The molecule has 1 fully saturated rings. The molecule has 21 heavy (non-hydrogen) atoms. The summed E-state index contributed by atoms with van der Waals surface area (Å²) >= 11 is 0. The van der Waals surface area contributed by atoms with Crippen molar-refractivity contribution in [2.75, 3.05) is 20.2 Å². The first-order valence-corrected chi connectivity index (χ1v) is 7.74. The summed E-state index contributed by atoms with van der Waals surface area (Å²) in [6.45, 7) is 5.98. The molecule has 4 heteroatoms. The highest BCUT2D eigenvalue weighted by Crippen LogP contribution is 2.30. The van der Waals surface area contributed by atoms with Crippen LogP contribution in [0, 0.1) is 18.8 Å². The number of carbonyl (C=O) groups is 1. The molecule has 0 radical (unpaired) electrons. The van der Waals surface area contributed by atoms with Gasteiger partial charge in [0.1, 0.15) is 5.75 Å². The van der Waals surface area contributed by atoms with Crippen LogP contribution in [0.15, 0.2) is 18.2 Å². The Morgan fingerprint density at radius 1 is 1.43 bits per heavy atom. The van der Waals surface area contributed by atoms with Gasteiger partial charge < -0.3 is 15.4 Å². The van der Waals surface area contributed by atoms with Crippen molar-refractivity contribution in [2.24, 2.45) is 11.8 Å². The maximum absolute atomic E-state index is 12.0. The molecule has 0 bridgehead atoms. The quantitative estimate of drug-likeness (QED) is 0.772. The summed E-state index contributed by atoms with van der Waals surface area (Å²) in [6.07, 6.45) is 2.55. The van der Waals surface area contributed by atoms with E-state index in [4.69, 9.17) is 4.74 Å². The Bertz CT molecular complexity index is 484. The minimum Gasteiger partial charge on any atom is -0.493 e. The molecule has 1 aliphatic carbocycles. The Kier molecular flexibility index (Phi) is 5.62. The number of benzene rings is 1. The van der Waals surface area contributed by atoms with E-state index in [-0.39, 0.29) is 11.8 Å². The summed E-state index contributed by atoms with van der Waals surface area (Å²) in [6, 6.07) is 6.16. The van der Waals surface area contributed by atoms with Crippen molar-refractivity contribution in [3.05, 3.63) is 29.3 Å². The number of nitrogens with one attached hydrogen (secondary N) is 2. The van der Waals surface area contributed by atoms with Crippen molar-refractivity contribution in [2.45, 2.75) is 33.2 Å². The van der Waals surface area contributed by atoms with Crippen LogP contribution < -0.4 is 15.4 Å². The van der Waals surface area contributed by atoms with Gasteiger partial charge in [0, 0.05) is 24.6 Å². The summed E-state index contributed by atoms with van der Waals surface area (Å²) in [5.41, 5.74) is 2.23. The van der Waals surface area contributed by atoms with Gasteiger partial charge in [-0.05, 0) is 44.4 Å². The second-order valence-electron chi connectivity index (χ2n) is 6.04. The molecule has 1 amide bonds. The Balaban J connectivity index is 1.92. The van der Waals surface area contributed by atoms with E-state index in [9.17, 15) is 4.79 Å². The molecule has 2 rings (SSSR count). The van der Waals surface area contributed by atoms with Gasteiger partial charge in [-0.15, -0.1) is 0 Å². The van der Waals surface area contributed by atoms with Gasteiger partial charge in [-0.2, -0.15) is 0 Å². The van der Waals surface area contributed by atoms with Crippen LogP contribution in [0.25, 0.3) is 0 Å². The fourth-order valence-corrected chi connectivity index (χ4v) is 2.19. The van der Waals surface area contributed by atoms with Crippen molar-refractivity contribution in [3.63, 3.8) is 0 Å². The molecular weight excluding hydrogens is 264 g/mol. The first kappa shape index (κ1) is 15.8. The zero-order valence-electron chi connectivity index (χ0n) is 13.2. The standard InChI is InChI=1S/C17H26N2O2/c1-12-4-7-15(10-19-17(20)13(2)9-18-3)16(8-12)21-11-14-5-6-14/h4,7-8,13-14,18H,5-6,9-11H2,1-3H3,(H,19,20). The topological polar surface area (TPSA) is 50.4 Å². The highest BCUT2D eigenvalue weighted by Gasteiger charge is 2.22. The van der Waals surface area contributed by atoms with Crippen molar-refractivity contribution in [3.8, 4) is 5.75 Å². The number of rotatable bonds is 8. The molecule has 0 saturated heterocycles. The highest BCUT2D eigenvalue weighted by molar-refractivity contribution is 5.78. The Morgan fingerprint density at radius 2 is 2.19 bits per heavy atom. The molecule has 1 aromatic rings. The third kappa shape index (κ3) is 5.05. The Labute approximate surface area is 127 Å². The Morgan fingerprint density at radius 3 is 2.86 bits per heavy atom. The van der Waals surface area contributed by atoms with E-state index in [1.807, 2.05) is 20.0 Å². The number of amides is 1. The molecule has 0 aromatic heterocycles. The fourth-order valence-electron chi connectivity index (χ4n) is 2.19. The van der Waals surface area contributed by atoms with Gasteiger partial charge in [0.15, 0.2) is 0 Å². The van der Waals surface area contributed by atoms with E-state index in [2.05, 4.69) is 29.7 Å². The molecule has 116 valence electrons. The van der Waals surface area contributed by atoms with Crippen LogP contribution in [0.3, 0.4) is 0 Å². The van der Waals surface area contributed by atoms with Gasteiger partial charge >= 0.3 is 0 Å². The summed E-state index contributed by atoms with van der Waals surface area (Å²) < 4.78 is 5.92. The van der Waals surface area contributed by atoms with Gasteiger partial charge in [-0.1, -0.05) is 19.1 Å². The summed E-state index contributed by atoms with van der Waals surface area (Å²) in [5.74, 6) is 1.67. The summed E-state index contributed by atoms with van der Waals surface area (Å²) in [7, 11) is 1.85. The van der Waals surface area contributed by atoms with Crippen molar-refractivity contribution in [1.82, 2.24) is 10.6 Å². The smallest absolute Gasteiger partial charge is 0.224 e. The van der Waals surface area contributed by atoms with Crippen LogP contribution in [0.4, 0.5) is 0 Å². The van der Waals surface area contributed by atoms with Crippen molar-refractivity contribution in [1.29, 1.82) is 0 Å². The molecule has 0 aliphatic heterocycles. The third-order valence-electron chi connectivity index (χ3n) is 3.81. The molecule has 2 N–H and O–H groups in total. The second-order valence-corrected chi connectivity index (χ2v) is 6.04. The van der Waals surface area contributed by atoms with E-state index in [0.717, 1.165) is 23.8 Å². The van der Waals surface area contributed by atoms with Crippen LogP contribution in [0.1, 0.15) is 30.9 Å². The maximum Gasteiger partial charge on any atom is 0.224 e. The molecule has 1 atom stereocenters. The maximum atomic E-state index is 12.0. The predicted octanol–water partition coefficient (Wildman–Crippen LogP) is 2.26. The summed E-state index contributed by atoms with van der Waals surface area (Å²) in [4.78, 5) is 12.0. The van der Waals surface area contributed by atoms with Crippen LogP contribution in [-0.2, 0) is 11.3 Å². The van der Waals surface area contributed by atoms with Crippen LogP contribution in [0.2, 0.25) is 0 Å². The van der Waals surface area contributed by atoms with Gasteiger partial charge in [-0.3, -0.25) is 4.79 Å². The molecule has 0 heterocycles. The molecule has 1 aromatic carbocycles. The number of carbonyl (C=O) groups excluding carboxylic acids is 1. The molecule has 1 saturated carbocycles. The molecular formula is C17H26N2O2. The average molecular weight is 290 g/mol. The first-order chi connectivity index (χ1) is 10.1. The van der Waals surface area contributed by atoms with Gasteiger partial charge in [0.2, 0.25) is 5.91 Å². The molecule has 0 spiro atoms. The lowest BCUT2D eigenvalue weighted by molar-refractivity contribution is -0.124. The van der Waals surface area contributed by atoms with Crippen LogP contribution in [0.5, 0.6) is 5.75 Å². The molecule has 4 nitrogen and oxygen atoms in total. The minimum atomic E-state index is -0.0312. The minimum absolute atomic E-state index is 0.0312. The second kappa shape index (κ2) is 7.46. The fraction of sp³-hybridized carbons (Fsp3) is 0.588. The van der Waals surface area contributed by atoms with Crippen LogP contribution >= 0.6 is 0 Å².